The van der Waals surface area contributed by atoms with Gasteiger partial charge in [-0.15, -0.1) is 0 Å². The van der Waals surface area contributed by atoms with Crippen molar-refractivity contribution in [2.45, 2.75) is 68.4 Å². The van der Waals surface area contributed by atoms with Crippen LogP contribution in [0.1, 0.15) is 56.1 Å². The molecule has 0 bridgehead atoms. The third-order valence-electron chi connectivity index (χ3n) is 8.80. The van der Waals surface area contributed by atoms with Gasteiger partial charge in [0.1, 0.15) is 6.10 Å². The predicted octanol–water partition coefficient (Wildman–Crippen LogP) is 4.57. The summed E-state index contributed by atoms with van der Waals surface area (Å²) in [4.78, 5) is 16.4. The quantitative estimate of drug-likeness (QED) is 0.446. The molecule has 2 aromatic carbocycles. The Kier molecular flexibility index (Phi) is 8.29. The Labute approximate surface area is 232 Å². The average molecular weight is 550 g/mol. The van der Waals surface area contributed by atoms with Crippen LogP contribution >= 0.6 is 0 Å². The lowest BCUT2D eigenvalue weighted by Crippen LogP contribution is -2.54. The third kappa shape index (κ3) is 6.64. The van der Waals surface area contributed by atoms with E-state index >= 15 is 0 Å². The largest absolute Gasteiger partial charge is 0.462 e. The molecule has 0 spiro atoms. The van der Waals surface area contributed by atoms with E-state index in [-0.39, 0.29) is 18.1 Å². The normalized spacial score (nSPS) is 26.1. The molecule has 0 radical (unpaired) electrons. The van der Waals surface area contributed by atoms with Gasteiger partial charge in [0.15, 0.2) is 9.84 Å². The zero-order valence-electron chi connectivity index (χ0n) is 23.0. The Morgan fingerprint density at radius 2 is 1.77 bits per heavy atom. The summed E-state index contributed by atoms with van der Waals surface area (Å²) in [5, 5.41) is 9.96. The highest BCUT2D eigenvalue weighted by atomic mass is 32.2. The van der Waals surface area contributed by atoms with Crippen molar-refractivity contribution in [1.82, 2.24) is 4.90 Å². The molecule has 39 heavy (non-hydrogen) atoms. The van der Waals surface area contributed by atoms with Crippen LogP contribution < -0.4 is 4.90 Å². The molecule has 2 heterocycles. The minimum atomic E-state index is -3.18. The maximum absolute atomic E-state index is 11.7. The lowest BCUT2D eigenvalue weighted by Gasteiger charge is -2.45. The van der Waals surface area contributed by atoms with Gasteiger partial charge in [0.2, 0.25) is 0 Å². The molecule has 0 N–H and O–H groups in total. The van der Waals surface area contributed by atoms with Crippen molar-refractivity contribution in [3.05, 3.63) is 59.7 Å². The lowest BCUT2D eigenvalue weighted by molar-refractivity contribution is -0.148. The number of ether oxygens (including phenoxy) is 1. The van der Waals surface area contributed by atoms with Gasteiger partial charge < -0.3 is 9.64 Å². The molecule has 2 saturated heterocycles. The van der Waals surface area contributed by atoms with Gasteiger partial charge in [-0.05, 0) is 92.3 Å². The number of anilines is 1. The van der Waals surface area contributed by atoms with E-state index in [1.165, 1.54) is 24.3 Å². The Morgan fingerprint density at radius 3 is 2.41 bits per heavy atom. The molecule has 0 aromatic heterocycles. The van der Waals surface area contributed by atoms with Crippen molar-refractivity contribution in [3.8, 4) is 6.07 Å². The second kappa shape index (κ2) is 11.7. The molecular formula is C31H39N3O4S. The second-order valence-electron chi connectivity index (χ2n) is 11.7. The fraction of sp³-hybridized carbons (Fsp3) is 0.548. The molecular weight excluding hydrogens is 510 g/mol. The van der Waals surface area contributed by atoms with E-state index < -0.39 is 9.84 Å². The van der Waals surface area contributed by atoms with Gasteiger partial charge in [-0.1, -0.05) is 24.3 Å². The van der Waals surface area contributed by atoms with Crippen molar-refractivity contribution in [3.63, 3.8) is 0 Å². The molecule has 4 atom stereocenters. The Bertz CT molecular complexity index is 1300. The Morgan fingerprint density at radius 1 is 1.05 bits per heavy atom. The number of likely N-dealkylation sites (tertiary alicyclic amines) is 1. The first kappa shape index (κ1) is 27.7. The molecule has 1 saturated carbocycles. The molecule has 0 amide bonds. The molecule has 2 aromatic rings. The van der Waals surface area contributed by atoms with Crippen LogP contribution in [0.4, 0.5) is 5.69 Å². The number of sulfone groups is 1. The number of piperidine rings is 1. The van der Waals surface area contributed by atoms with Crippen LogP contribution in [0, 0.1) is 23.2 Å². The fourth-order valence-corrected chi connectivity index (χ4v) is 7.27. The van der Waals surface area contributed by atoms with Crippen LogP contribution in [-0.2, 0) is 25.8 Å². The molecule has 3 aliphatic rings. The number of benzene rings is 2. The summed E-state index contributed by atoms with van der Waals surface area (Å²) in [6.45, 7) is 5.20. The van der Waals surface area contributed by atoms with E-state index in [0.717, 1.165) is 70.4 Å². The van der Waals surface area contributed by atoms with Crippen LogP contribution in [0.5, 0.6) is 0 Å². The van der Waals surface area contributed by atoms with Gasteiger partial charge in [-0.25, -0.2) is 8.42 Å². The van der Waals surface area contributed by atoms with Gasteiger partial charge in [-0.2, -0.15) is 5.26 Å². The second-order valence-corrected chi connectivity index (χ2v) is 13.7. The maximum Gasteiger partial charge on any atom is 0.302 e. The fourth-order valence-electron chi connectivity index (χ4n) is 6.63. The Hall–Kier alpha value is -2.89. The van der Waals surface area contributed by atoms with Gasteiger partial charge >= 0.3 is 5.97 Å². The number of nitriles is 1. The molecule has 1 aliphatic carbocycles. The van der Waals surface area contributed by atoms with Crippen molar-refractivity contribution in [2.75, 3.05) is 37.3 Å². The van der Waals surface area contributed by atoms with Crippen LogP contribution in [0.25, 0.3) is 0 Å². The minimum absolute atomic E-state index is 0.0473. The summed E-state index contributed by atoms with van der Waals surface area (Å²) in [7, 11) is -3.18. The van der Waals surface area contributed by atoms with Crippen molar-refractivity contribution >= 4 is 21.5 Å². The summed E-state index contributed by atoms with van der Waals surface area (Å²) >= 11 is 0. The summed E-state index contributed by atoms with van der Waals surface area (Å²) in [6, 6.07) is 18.5. The highest BCUT2D eigenvalue weighted by Gasteiger charge is 2.35. The summed E-state index contributed by atoms with van der Waals surface area (Å²) in [5.41, 5.74) is 3.65. The topological polar surface area (TPSA) is 90.7 Å². The smallest absolute Gasteiger partial charge is 0.302 e. The highest BCUT2D eigenvalue weighted by Crippen LogP contribution is 2.35. The van der Waals surface area contributed by atoms with Crippen LogP contribution in [0.2, 0.25) is 0 Å². The number of carbonyl (C=O) groups is 1. The third-order valence-corrected chi connectivity index (χ3v) is 9.93. The number of rotatable bonds is 8. The van der Waals surface area contributed by atoms with Gasteiger partial charge in [-0.3, -0.25) is 9.69 Å². The maximum atomic E-state index is 11.7. The Balaban J connectivity index is 1.10. The molecule has 8 heteroatoms. The number of hydrogen-bond acceptors (Lipinski definition) is 7. The number of hydrogen-bond donors (Lipinski definition) is 0. The van der Waals surface area contributed by atoms with E-state index in [9.17, 15) is 18.5 Å². The predicted molar refractivity (Wildman–Crippen MR) is 151 cm³/mol. The molecule has 4 unspecified atom stereocenters. The lowest BCUT2D eigenvalue weighted by atomic mass is 9.84. The van der Waals surface area contributed by atoms with Crippen molar-refractivity contribution in [1.29, 1.82) is 5.26 Å². The van der Waals surface area contributed by atoms with E-state index in [1.807, 2.05) is 12.1 Å². The molecule has 3 fully saturated rings. The van der Waals surface area contributed by atoms with Gasteiger partial charge in [0.05, 0.1) is 17.0 Å². The van der Waals surface area contributed by atoms with E-state index in [0.29, 0.717) is 22.6 Å². The SMILES string of the molecule is CC(=O)OC1CCCC1Cc1ccc(C2CCN(CC3CN(c4ccc(S(C)(=O)=O)cc4)C3)C(C#N)C2)cc1. The average Bonchev–Trinajstić information content (AvgIpc) is 3.31. The van der Waals surface area contributed by atoms with Crippen LogP contribution in [0.3, 0.4) is 0 Å². The number of esters is 1. The zero-order valence-corrected chi connectivity index (χ0v) is 23.8. The summed E-state index contributed by atoms with van der Waals surface area (Å²) in [6.07, 6.45) is 7.32. The van der Waals surface area contributed by atoms with E-state index in [2.05, 4.69) is 40.1 Å². The molecule has 2 aliphatic heterocycles. The van der Waals surface area contributed by atoms with Gasteiger partial charge in [0.25, 0.3) is 0 Å². The first-order valence-electron chi connectivity index (χ1n) is 14.1. The van der Waals surface area contributed by atoms with Crippen LogP contribution in [0.15, 0.2) is 53.4 Å². The molecule has 5 rings (SSSR count). The van der Waals surface area contributed by atoms with Crippen LogP contribution in [-0.4, -0.2) is 63.9 Å². The molecule has 208 valence electrons. The van der Waals surface area contributed by atoms with Crippen molar-refractivity contribution in [2.24, 2.45) is 11.8 Å². The monoisotopic (exact) mass is 549 g/mol. The highest BCUT2D eigenvalue weighted by molar-refractivity contribution is 7.90. The first-order chi connectivity index (χ1) is 18.7. The summed E-state index contributed by atoms with van der Waals surface area (Å²) < 4.78 is 28.9. The standard InChI is InChI=1S/C31H39N3O4S/c1-22(35)38-31-5-3-4-27(31)16-23-6-8-25(9-7-23)26-14-15-33(29(17-26)18-32)19-24-20-34(21-24)28-10-12-30(13-11-28)39(2,36)37/h6-13,24,26-27,29,31H,3-5,14-17,19-21H2,1-2H3. The molecule has 7 nitrogen and oxygen atoms in total. The zero-order chi connectivity index (χ0) is 27.6. The van der Waals surface area contributed by atoms with E-state index in [4.69, 9.17) is 4.74 Å². The number of nitrogens with zero attached hydrogens (tertiary/aromatic N) is 3. The van der Waals surface area contributed by atoms with Gasteiger partial charge in [0, 0.05) is 44.4 Å². The van der Waals surface area contributed by atoms with Crippen molar-refractivity contribution < 1.29 is 17.9 Å². The summed E-state index contributed by atoms with van der Waals surface area (Å²) in [5.74, 6) is 1.13. The first-order valence-corrected chi connectivity index (χ1v) is 16.0. The van der Waals surface area contributed by atoms with E-state index in [1.54, 1.807) is 12.1 Å². The minimum Gasteiger partial charge on any atom is -0.462 e. The number of carbonyl (C=O) groups excluding carboxylic acids is 1.